The first-order chi connectivity index (χ1) is 6.16. The van der Waals surface area contributed by atoms with Gasteiger partial charge in [0.1, 0.15) is 0 Å². The van der Waals surface area contributed by atoms with E-state index < -0.39 is 0 Å². The molecule has 13 heavy (non-hydrogen) atoms. The number of nitrogens with one attached hydrogen (secondary N) is 1. The molecule has 0 aromatic heterocycles. The number of ether oxygens (including phenoxy) is 1. The highest BCUT2D eigenvalue weighted by Gasteiger charge is 2.29. The maximum Gasteiger partial charge on any atom is 0.410 e. The van der Waals surface area contributed by atoms with Crippen molar-refractivity contribution in [1.82, 2.24) is 10.2 Å². The van der Waals surface area contributed by atoms with Crippen molar-refractivity contribution in [1.29, 1.82) is 0 Å². The first kappa shape index (κ1) is 10.3. The van der Waals surface area contributed by atoms with Gasteiger partial charge < -0.3 is 15.0 Å². The SMILES string of the molecule is CCOC(=O)N1[C@H](C)CNC[C@@H]1C. The zero-order valence-electron chi connectivity index (χ0n) is 8.54. The van der Waals surface area contributed by atoms with Gasteiger partial charge in [-0.1, -0.05) is 0 Å². The van der Waals surface area contributed by atoms with Crippen molar-refractivity contribution in [3.05, 3.63) is 0 Å². The Morgan fingerprint density at radius 1 is 1.46 bits per heavy atom. The Labute approximate surface area is 79.2 Å². The number of piperazine rings is 1. The monoisotopic (exact) mass is 186 g/mol. The molecule has 0 unspecified atom stereocenters. The van der Waals surface area contributed by atoms with Gasteiger partial charge in [0.2, 0.25) is 0 Å². The summed E-state index contributed by atoms with van der Waals surface area (Å²) in [5.41, 5.74) is 0. The maximum atomic E-state index is 11.5. The van der Waals surface area contributed by atoms with Gasteiger partial charge in [-0.3, -0.25) is 0 Å². The van der Waals surface area contributed by atoms with Crippen LogP contribution in [0.25, 0.3) is 0 Å². The summed E-state index contributed by atoms with van der Waals surface area (Å²) < 4.78 is 4.98. The van der Waals surface area contributed by atoms with Crippen molar-refractivity contribution in [3.63, 3.8) is 0 Å². The van der Waals surface area contributed by atoms with E-state index in [1.807, 2.05) is 20.8 Å². The smallest absolute Gasteiger partial charge is 0.410 e. The highest BCUT2D eigenvalue weighted by atomic mass is 16.6. The number of hydrogen-bond acceptors (Lipinski definition) is 3. The molecule has 0 aliphatic carbocycles. The number of nitrogens with zero attached hydrogens (tertiary/aromatic N) is 1. The summed E-state index contributed by atoms with van der Waals surface area (Å²) in [5, 5.41) is 3.26. The number of carbonyl (C=O) groups is 1. The third-order valence-electron chi connectivity index (χ3n) is 2.31. The molecule has 1 rings (SSSR count). The molecule has 2 atom stereocenters. The van der Waals surface area contributed by atoms with E-state index >= 15 is 0 Å². The van der Waals surface area contributed by atoms with Gasteiger partial charge in [0.25, 0.3) is 0 Å². The molecule has 0 saturated carbocycles. The Morgan fingerprint density at radius 3 is 2.46 bits per heavy atom. The van der Waals surface area contributed by atoms with Crippen molar-refractivity contribution >= 4 is 6.09 Å². The van der Waals surface area contributed by atoms with Gasteiger partial charge in [-0.2, -0.15) is 0 Å². The molecule has 4 nitrogen and oxygen atoms in total. The highest BCUT2D eigenvalue weighted by Crippen LogP contribution is 2.10. The molecule has 1 N–H and O–H groups in total. The van der Waals surface area contributed by atoms with Gasteiger partial charge in [0.05, 0.1) is 6.61 Å². The second kappa shape index (κ2) is 4.46. The topological polar surface area (TPSA) is 41.6 Å². The molecule has 0 radical (unpaired) electrons. The van der Waals surface area contributed by atoms with Gasteiger partial charge in [-0.25, -0.2) is 4.79 Å². The van der Waals surface area contributed by atoms with Crippen LogP contribution in [0.4, 0.5) is 4.79 Å². The lowest BCUT2D eigenvalue weighted by atomic mass is 10.1. The van der Waals surface area contributed by atoms with Gasteiger partial charge >= 0.3 is 6.09 Å². The Kier molecular flexibility index (Phi) is 3.54. The summed E-state index contributed by atoms with van der Waals surface area (Å²) in [6, 6.07) is 0.450. The first-order valence-electron chi connectivity index (χ1n) is 4.82. The van der Waals surface area contributed by atoms with Gasteiger partial charge in [-0.15, -0.1) is 0 Å². The second-order valence-corrected chi connectivity index (χ2v) is 3.46. The minimum atomic E-state index is -0.191. The summed E-state index contributed by atoms with van der Waals surface area (Å²) in [5.74, 6) is 0. The van der Waals surface area contributed by atoms with Crippen LogP contribution in [0.1, 0.15) is 20.8 Å². The van der Waals surface area contributed by atoms with Gasteiger partial charge in [-0.05, 0) is 20.8 Å². The molecule has 76 valence electrons. The van der Waals surface area contributed by atoms with Crippen LogP contribution in [0.5, 0.6) is 0 Å². The predicted octanol–water partition coefficient (Wildman–Crippen LogP) is 0.825. The third-order valence-corrected chi connectivity index (χ3v) is 2.31. The first-order valence-corrected chi connectivity index (χ1v) is 4.82. The predicted molar refractivity (Wildman–Crippen MR) is 50.7 cm³/mol. The Bertz CT molecular complexity index is 174. The van der Waals surface area contributed by atoms with Crippen molar-refractivity contribution in [3.8, 4) is 0 Å². The lowest BCUT2D eigenvalue weighted by Crippen LogP contribution is -2.57. The molecule has 1 fully saturated rings. The van der Waals surface area contributed by atoms with Crippen LogP contribution >= 0.6 is 0 Å². The van der Waals surface area contributed by atoms with E-state index in [-0.39, 0.29) is 18.2 Å². The largest absolute Gasteiger partial charge is 0.450 e. The molecular weight excluding hydrogens is 168 g/mol. The van der Waals surface area contributed by atoms with Crippen LogP contribution in [0.2, 0.25) is 0 Å². The minimum absolute atomic E-state index is 0.191. The van der Waals surface area contributed by atoms with Crippen molar-refractivity contribution in [2.45, 2.75) is 32.9 Å². The lowest BCUT2D eigenvalue weighted by Gasteiger charge is -2.38. The average Bonchev–Trinajstić information content (AvgIpc) is 2.04. The molecular formula is C9H18N2O2. The quantitative estimate of drug-likeness (QED) is 0.659. The minimum Gasteiger partial charge on any atom is -0.450 e. The molecule has 0 spiro atoms. The van der Waals surface area contributed by atoms with Crippen LogP contribution in [-0.4, -0.2) is 42.8 Å². The Hall–Kier alpha value is -0.770. The normalized spacial score (nSPS) is 28.7. The van der Waals surface area contributed by atoms with E-state index in [1.165, 1.54) is 0 Å². The van der Waals surface area contributed by atoms with Crippen molar-refractivity contribution in [2.24, 2.45) is 0 Å². The molecule has 1 aliphatic rings. The number of hydrogen-bond donors (Lipinski definition) is 1. The van der Waals surface area contributed by atoms with E-state index in [2.05, 4.69) is 5.32 Å². The number of carbonyl (C=O) groups excluding carboxylic acids is 1. The van der Waals surface area contributed by atoms with E-state index in [1.54, 1.807) is 4.90 Å². The van der Waals surface area contributed by atoms with Crippen LogP contribution in [0, 0.1) is 0 Å². The van der Waals surface area contributed by atoms with Crippen LogP contribution < -0.4 is 5.32 Å². The third kappa shape index (κ3) is 2.34. The zero-order chi connectivity index (χ0) is 9.84. The van der Waals surface area contributed by atoms with E-state index in [0.29, 0.717) is 6.61 Å². The fraction of sp³-hybridized carbons (Fsp3) is 0.889. The van der Waals surface area contributed by atoms with Crippen LogP contribution in [-0.2, 0) is 4.74 Å². The maximum absolute atomic E-state index is 11.5. The summed E-state index contributed by atoms with van der Waals surface area (Å²) in [6.45, 7) is 8.03. The molecule has 1 saturated heterocycles. The summed E-state index contributed by atoms with van der Waals surface area (Å²) in [4.78, 5) is 13.3. The summed E-state index contributed by atoms with van der Waals surface area (Å²) in [7, 11) is 0. The van der Waals surface area contributed by atoms with Crippen LogP contribution in [0.15, 0.2) is 0 Å². The average molecular weight is 186 g/mol. The van der Waals surface area contributed by atoms with Crippen LogP contribution in [0.3, 0.4) is 0 Å². The highest BCUT2D eigenvalue weighted by molar-refractivity contribution is 5.68. The second-order valence-electron chi connectivity index (χ2n) is 3.46. The zero-order valence-corrected chi connectivity index (χ0v) is 8.54. The number of rotatable bonds is 1. The van der Waals surface area contributed by atoms with Gasteiger partial charge in [0, 0.05) is 25.2 Å². The standard InChI is InChI=1S/C9H18N2O2/c1-4-13-9(12)11-7(2)5-10-6-8(11)3/h7-8,10H,4-6H2,1-3H3/t7-,8+. The van der Waals surface area contributed by atoms with Gasteiger partial charge in [0.15, 0.2) is 0 Å². The lowest BCUT2D eigenvalue weighted by molar-refractivity contribution is 0.0643. The molecule has 1 aliphatic heterocycles. The number of amides is 1. The fourth-order valence-corrected chi connectivity index (χ4v) is 1.69. The molecule has 0 bridgehead atoms. The Balaban J connectivity index is 2.57. The molecule has 4 heteroatoms. The molecule has 1 heterocycles. The molecule has 0 aromatic carbocycles. The van der Waals surface area contributed by atoms with E-state index in [0.717, 1.165) is 13.1 Å². The summed E-state index contributed by atoms with van der Waals surface area (Å²) in [6.07, 6.45) is -0.191. The van der Waals surface area contributed by atoms with E-state index in [4.69, 9.17) is 4.74 Å². The fourth-order valence-electron chi connectivity index (χ4n) is 1.69. The van der Waals surface area contributed by atoms with Crippen molar-refractivity contribution < 1.29 is 9.53 Å². The van der Waals surface area contributed by atoms with E-state index in [9.17, 15) is 4.79 Å². The summed E-state index contributed by atoms with van der Waals surface area (Å²) >= 11 is 0. The van der Waals surface area contributed by atoms with Crippen molar-refractivity contribution in [2.75, 3.05) is 19.7 Å². The Morgan fingerprint density at radius 2 is 2.00 bits per heavy atom. The molecule has 1 amide bonds. The molecule has 0 aromatic rings.